The van der Waals surface area contributed by atoms with Crippen molar-refractivity contribution in [1.29, 1.82) is 0 Å². The van der Waals surface area contributed by atoms with Crippen LogP contribution in [0.2, 0.25) is 0 Å². The summed E-state index contributed by atoms with van der Waals surface area (Å²) in [5.74, 6) is 0.870. The van der Waals surface area contributed by atoms with Gasteiger partial charge in [0, 0.05) is 34.3 Å². The summed E-state index contributed by atoms with van der Waals surface area (Å²) in [6.45, 7) is 0. The molecule has 2 aromatic heterocycles. The minimum absolute atomic E-state index is 0.0723. The predicted molar refractivity (Wildman–Crippen MR) is 92.8 cm³/mol. The zero-order valence-electron chi connectivity index (χ0n) is 12.4. The molecule has 116 valence electrons. The molecule has 3 heterocycles. The zero-order valence-corrected chi connectivity index (χ0v) is 13.2. The lowest BCUT2D eigenvalue weighted by molar-refractivity contribution is 0.102. The first-order chi connectivity index (χ1) is 11.2. The molecule has 5 nitrogen and oxygen atoms in total. The third kappa shape index (κ3) is 2.60. The molecule has 1 aliphatic rings. The summed E-state index contributed by atoms with van der Waals surface area (Å²) >= 11 is 1.76. The van der Waals surface area contributed by atoms with E-state index in [4.69, 9.17) is 5.73 Å². The zero-order chi connectivity index (χ0) is 15.8. The van der Waals surface area contributed by atoms with Gasteiger partial charge in [-0.2, -0.15) is 0 Å². The Morgan fingerprint density at radius 1 is 1.35 bits per heavy atom. The third-order valence-electron chi connectivity index (χ3n) is 4.07. The van der Waals surface area contributed by atoms with Crippen LogP contribution >= 0.6 is 11.8 Å². The molecule has 1 atom stereocenters. The van der Waals surface area contributed by atoms with Crippen LogP contribution in [0, 0.1) is 0 Å². The Kier molecular flexibility index (Phi) is 3.55. The van der Waals surface area contributed by atoms with Gasteiger partial charge in [-0.3, -0.25) is 4.79 Å². The molecule has 1 amide bonds. The summed E-state index contributed by atoms with van der Waals surface area (Å²) in [7, 11) is 0. The Morgan fingerprint density at radius 2 is 2.26 bits per heavy atom. The molecule has 0 bridgehead atoms. The summed E-state index contributed by atoms with van der Waals surface area (Å²) < 4.78 is 0. The SMILES string of the molecule is N[C@H]1CCSc2cc(C(=O)Nc3ccnc4[nH]ccc34)ccc21. The van der Waals surface area contributed by atoms with Gasteiger partial charge in [0.25, 0.3) is 5.91 Å². The molecule has 0 unspecified atom stereocenters. The molecular formula is C17H16N4OS. The van der Waals surface area contributed by atoms with Gasteiger partial charge >= 0.3 is 0 Å². The van der Waals surface area contributed by atoms with Gasteiger partial charge in [-0.05, 0) is 42.0 Å². The number of rotatable bonds is 2. The summed E-state index contributed by atoms with van der Waals surface area (Å²) in [5, 5.41) is 3.86. The van der Waals surface area contributed by atoms with Gasteiger partial charge < -0.3 is 16.0 Å². The lowest BCUT2D eigenvalue weighted by Gasteiger charge is -2.22. The van der Waals surface area contributed by atoms with E-state index in [1.165, 1.54) is 0 Å². The minimum atomic E-state index is -0.124. The molecule has 0 radical (unpaired) electrons. The number of carbonyl (C=O) groups is 1. The van der Waals surface area contributed by atoms with Crippen molar-refractivity contribution in [3.05, 3.63) is 53.9 Å². The summed E-state index contributed by atoms with van der Waals surface area (Å²) in [5.41, 5.74) is 9.41. The summed E-state index contributed by atoms with van der Waals surface area (Å²) in [6, 6.07) is 9.53. The van der Waals surface area contributed by atoms with Crippen LogP contribution in [-0.2, 0) is 0 Å². The van der Waals surface area contributed by atoms with E-state index in [0.29, 0.717) is 5.56 Å². The van der Waals surface area contributed by atoms with E-state index < -0.39 is 0 Å². The van der Waals surface area contributed by atoms with Crippen molar-refractivity contribution in [1.82, 2.24) is 9.97 Å². The Bertz CT molecular complexity index is 889. The number of H-pyrrole nitrogens is 1. The van der Waals surface area contributed by atoms with Gasteiger partial charge in [0.15, 0.2) is 0 Å². The quantitative estimate of drug-likeness (QED) is 0.675. The fourth-order valence-electron chi connectivity index (χ4n) is 2.82. The number of fused-ring (bicyclic) bond motifs is 2. The van der Waals surface area contributed by atoms with Crippen molar-refractivity contribution in [2.45, 2.75) is 17.4 Å². The molecule has 1 aromatic carbocycles. The maximum Gasteiger partial charge on any atom is 0.255 e. The third-order valence-corrected chi connectivity index (χ3v) is 5.17. The second-order valence-electron chi connectivity index (χ2n) is 5.55. The normalized spacial score (nSPS) is 17.0. The van der Waals surface area contributed by atoms with Crippen LogP contribution in [0.15, 0.2) is 47.6 Å². The Balaban J connectivity index is 1.63. The molecule has 3 aromatic rings. The average Bonchev–Trinajstić information content (AvgIpc) is 3.04. The number of benzene rings is 1. The van der Waals surface area contributed by atoms with Crippen molar-refractivity contribution in [2.24, 2.45) is 5.73 Å². The number of pyridine rings is 1. The molecule has 0 fully saturated rings. The fraction of sp³-hybridized carbons (Fsp3) is 0.176. The van der Waals surface area contributed by atoms with E-state index in [9.17, 15) is 4.79 Å². The van der Waals surface area contributed by atoms with Crippen LogP contribution in [0.3, 0.4) is 0 Å². The Hall–Kier alpha value is -2.31. The molecule has 4 N–H and O–H groups in total. The first kappa shape index (κ1) is 14.3. The highest BCUT2D eigenvalue weighted by molar-refractivity contribution is 7.99. The van der Waals surface area contributed by atoms with Gasteiger partial charge in [0.1, 0.15) is 5.65 Å². The van der Waals surface area contributed by atoms with E-state index in [0.717, 1.165) is 39.4 Å². The van der Waals surface area contributed by atoms with Crippen LogP contribution in [0.4, 0.5) is 5.69 Å². The highest BCUT2D eigenvalue weighted by Gasteiger charge is 2.19. The monoisotopic (exact) mass is 324 g/mol. The maximum atomic E-state index is 12.6. The largest absolute Gasteiger partial charge is 0.346 e. The number of hydrogen-bond donors (Lipinski definition) is 3. The van der Waals surface area contributed by atoms with Crippen molar-refractivity contribution >= 4 is 34.4 Å². The molecule has 23 heavy (non-hydrogen) atoms. The summed E-state index contributed by atoms with van der Waals surface area (Å²) in [6.07, 6.45) is 4.46. The first-order valence-electron chi connectivity index (χ1n) is 7.48. The molecule has 0 spiro atoms. The Labute approximate surface area is 137 Å². The second kappa shape index (κ2) is 5.72. The molecule has 0 saturated heterocycles. The lowest BCUT2D eigenvalue weighted by atomic mass is 10.0. The van der Waals surface area contributed by atoms with Crippen molar-refractivity contribution < 1.29 is 4.79 Å². The Morgan fingerprint density at radius 3 is 3.17 bits per heavy atom. The summed E-state index contributed by atoms with van der Waals surface area (Å²) in [4.78, 5) is 20.9. The molecule has 6 heteroatoms. The number of anilines is 1. The van der Waals surface area contributed by atoms with E-state index >= 15 is 0 Å². The fourth-order valence-corrected chi connectivity index (χ4v) is 4.01. The van der Waals surface area contributed by atoms with Crippen LogP contribution < -0.4 is 11.1 Å². The lowest BCUT2D eigenvalue weighted by Crippen LogP contribution is -2.17. The number of carbonyl (C=O) groups excluding carboxylic acids is 1. The first-order valence-corrected chi connectivity index (χ1v) is 8.47. The number of thioether (sulfide) groups is 1. The van der Waals surface area contributed by atoms with Crippen LogP contribution in [0.5, 0.6) is 0 Å². The van der Waals surface area contributed by atoms with E-state index in [1.54, 1.807) is 24.0 Å². The topological polar surface area (TPSA) is 83.8 Å². The van der Waals surface area contributed by atoms with Crippen LogP contribution in [0.1, 0.15) is 28.4 Å². The van der Waals surface area contributed by atoms with Gasteiger partial charge in [0.2, 0.25) is 0 Å². The number of hydrogen-bond acceptors (Lipinski definition) is 4. The molecular weight excluding hydrogens is 308 g/mol. The molecule has 0 saturated carbocycles. The van der Waals surface area contributed by atoms with Crippen molar-refractivity contribution in [2.75, 3.05) is 11.1 Å². The smallest absolute Gasteiger partial charge is 0.255 e. The van der Waals surface area contributed by atoms with Crippen LogP contribution in [0.25, 0.3) is 11.0 Å². The number of aromatic nitrogens is 2. The maximum absolute atomic E-state index is 12.6. The van der Waals surface area contributed by atoms with Crippen molar-refractivity contribution in [3.63, 3.8) is 0 Å². The molecule has 1 aliphatic heterocycles. The minimum Gasteiger partial charge on any atom is -0.346 e. The van der Waals surface area contributed by atoms with Gasteiger partial charge in [0.05, 0.1) is 5.69 Å². The predicted octanol–water partition coefficient (Wildman–Crippen LogP) is 3.31. The standard InChI is InChI=1S/C17H16N4OS/c18-13-5-8-23-15-9-10(1-2-11(13)15)17(22)21-14-4-7-20-16-12(14)3-6-19-16/h1-4,6-7,9,13H,5,8,18H2,(H2,19,20,21,22)/t13-/m0/s1. The van der Waals surface area contributed by atoms with Gasteiger partial charge in [-0.1, -0.05) is 6.07 Å². The van der Waals surface area contributed by atoms with E-state index in [1.807, 2.05) is 30.5 Å². The van der Waals surface area contributed by atoms with Crippen molar-refractivity contribution in [3.8, 4) is 0 Å². The molecule has 4 rings (SSSR count). The highest BCUT2D eigenvalue weighted by atomic mass is 32.2. The molecule has 0 aliphatic carbocycles. The van der Waals surface area contributed by atoms with Crippen LogP contribution in [-0.4, -0.2) is 21.6 Å². The average molecular weight is 324 g/mol. The van der Waals surface area contributed by atoms with Gasteiger partial charge in [-0.25, -0.2) is 4.98 Å². The number of amides is 1. The van der Waals surface area contributed by atoms with E-state index in [2.05, 4.69) is 15.3 Å². The van der Waals surface area contributed by atoms with E-state index in [-0.39, 0.29) is 11.9 Å². The number of nitrogens with one attached hydrogen (secondary N) is 2. The second-order valence-corrected chi connectivity index (χ2v) is 6.69. The van der Waals surface area contributed by atoms with Gasteiger partial charge in [-0.15, -0.1) is 11.8 Å². The number of aromatic amines is 1. The number of nitrogens with zero attached hydrogens (tertiary/aromatic N) is 1. The number of nitrogens with two attached hydrogens (primary N) is 1. The highest BCUT2D eigenvalue weighted by Crippen LogP contribution is 2.35.